The minimum absolute atomic E-state index is 0.00576. The van der Waals surface area contributed by atoms with E-state index >= 15 is 0 Å². The second kappa shape index (κ2) is 8.43. The number of Topliss-reactive ketones (excluding diaryl/α,β-unsaturated/α-hetero) is 1. The molecule has 1 atom stereocenters. The first-order chi connectivity index (χ1) is 13.5. The molecule has 1 aliphatic heterocycles. The lowest BCUT2D eigenvalue weighted by Gasteiger charge is -2.29. The van der Waals surface area contributed by atoms with Gasteiger partial charge in [-0.1, -0.05) is 30.3 Å². The molecule has 0 bridgehead atoms. The molecule has 0 aliphatic carbocycles. The van der Waals surface area contributed by atoms with Crippen molar-refractivity contribution in [3.05, 3.63) is 47.3 Å². The van der Waals surface area contributed by atoms with Crippen molar-refractivity contribution in [1.82, 2.24) is 14.7 Å². The van der Waals surface area contributed by atoms with Crippen LogP contribution in [0.3, 0.4) is 0 Å². The molecule has 1 aromatic heterocycles. The molecule has 3 rings (SSSR count). The number of hydrogen-bond donors (Lipinski definition) is 0. The zero-order valence-corrected chi connectivity index (χ0v) is 16.3. The lowest BCUT2D eigenvalue weighted by molar-refractivity contribution is -0.120. The first kappa shape index (κ1) is 19.9. The van der Waals surface area contributed by atoms with Crippen LogP contribution in [0.1, 0.15) is 39.5 Å². The Kier molecular flexibility index (Phi) is 5.99. The SMILES string of the molecule is CCOC(=O)c1nn2c(c1OCc1ccccc1)C(=O)N(C)CC2C(=O)CCl. The van der Waals surface area contributed by atoms with Gasteiger partial charge < -0.3 is 14.4 Å². The summed E-state index contributed by atoms with van der Waals surface area (Å²) in [5.41, 5.74) is 0.752. The summed E-state index contributed by atoms with van der Waals surface area (Å²) in [6, 6.07) is 8.49. The third kappa shape index (κ3) is 3.73. The van der Waals surface area contributed by atoms with E-state index in [1.165, 1.54) is 9.58 Å². The monoisotopic (exact) mass is 405 g/mol. The van der Waals surface area contributed by atoms with Gasteiger partial charge in [-0.05, 0) is 12.5 Å². The first-order valence-corrected chi connectivity index (χ1v) is 9.31. The molecule has 0 radical (unpaired) electrons. The van der Waals surface area contributed by atoms with E-state index in [1.807, 2.05) is 30.3 Å². The topological polar surface area (TPSA) is 90.7 Å². The molecule has 1 aromatic carbocycles. The fourth-order valence-corrected chi connectivity index (χ4v) is 3.15. The van der Waals surface area contributed by atoms with Gasteiger partial charge in [-0.2, -0.15) is 5.10 Å². The predicted molar refractivity (Wildman–Crippen MR) is 101 cm³/mol. The maximum Gasteiger partial charge on any atom is 0.362 e. The van der Waals surface area contributed by atoms with Gasteiger partial charge in [0.1, 0.15) is 12.6 Å². The van der Waals surface area contributed by atoms with Gasteiger partial charge in [-0.25, -0.2) is 9.48 Å². The Labute approximate surface area is 167 Å². The van der Waals surface area contributed by atoms with Crippen molar-refractivity contribution in [2.75, 3.05) is 26.1 Å². The van der Waals surface area contributed by atoms with E-state index in [0.29, 0.717) is 0 Å². The molecule has 0 fully saturated rings. The number of alkyl halides is 1. The fraction of sp³-hybridized carbons (Fsp3) is 0.368. The van der Waals surface area contributed by atoms with Gasteiger partial charge in [0.25, 0.3) is 5.91 Å². The molecular formula is C19H20ClN3O5. The molecule has 28 heavy (non-hydrogen) atoms. The number of benzene rings is 1. The van der Waals surface area contributed by atoms with Crippen molar-refractivity contribution < 1.29 is 23.9 Å². The number of carbonyl (C=O) groups excluding carboxylic acids is 3. The highest BCUT2D eigenvalue weighted by Gasteiger charge is 2.40. The third-order valence-electron chi connectivity index (χ3n) is 4.36. The number of rotatable bonds is 7. The van der Waals surface area contributed by atoms with Gasteiger partial charge in [0, 0.05) is 7.05 Å². The van der Waals surface area contributed by atoms with Crippen LogP contribution in [0.25, 0.3) is 0 Å². The second-order valence-electron chi connectivity index (χ2n) is 6.27. The van der Waals surface area contributed by atoms with Crippen molar-refractivity contribution in [1.29, 1.82) is 0 Å². The Hall–Kier alpha value is -2.87. The normalized spacial score (nSPS) is 15.9. The summed E-state index contributed by atoms with van der Waals surface area (Å²) in [5.74, 6) is -1.66. The summed E-state index contributed by atoms with van der Waals surface area (Å²) < 4.78 is 12.1. The van der Waals surface area contributed by atoms with Crippen molar-refractivity contribution in [2.24, 2.45) is 0 Å². The number of halogens is 1. The summed E-state index contributed by atoms with van der Waals surface area (Å²) >= 11 is 5.72. The average molecular weight is 406 g/mol. The Morgan fingerprint density at radius 1 is 1.29 bits per heavy atom. The summed E-state index contributed by atoms with van der Waals surface area (Å²) in [5, 5.41) is 4.21. The van der Waals surface area contributed by atoms with Gasteiger partial charge in [0.05, 0.1) is 19.0 Å². The summed E-state index contributed by atoms with van der Waals surface area (Å²) in [7, 11) is 1.57. The van der Waals surface area contributed by atoms with Gasteiger partial charge in [-0.3, -0.25) is 9.59 Å². The van der Waals surface area contributed by atoms with Crippen LogP contribution in [0.4, 0.5) is 0 Å². The number of ether oxygens (including phenoxy) is 2. The van der Waals surface area contributed by atoms with E-state index in [1.54, 1.807) is 14.0 Å². The molecule has 2 aromatic rings. The molecular weight excluding hydrogens is 386 g/mol. The van der Waals surface area contributed by atoms with E-state index < -0.39 is 17.9 Å². The van der Waals surface area contributed by atoms with Crippen LogP contribution < -0.4 is 4.74 Å². The first-order valence-electron chi connectivity index (χ1n) is 8.78. The number of hydrogen-bond acceptors (Lipinski definition) is 6. The van der Waals surface area contributed by atoms with Gasteiger partial charge in [0.15, 0.2) is 17.2 Å². The number of nitrogens with zero attached hydrogens (tertiary/aromatic N) is 3. The summed E-state index contributed by atoms with van der Waals surface area (Å²) in [6.45, 7) is 2.03. The Balaban J connectivity index is 2.07. The zero-order valence-electron chi connectivity index (χ0n) is 15.6. The largest absolute Gasteiger partial charge is 0.484 e. The predicted octanol–water partition coefficient (Wildman–Crippen LogP) is 2.07. The highest BCUT2D eigenvalue weighted by atomic mass is 35.5. The molecule has 1 unspecified atom stereocenters. The average Bonchev–Trinajstić information content (AvgIpc) is 3.09. The van der Waals surface area contributed by atoms with Crippen molar-refractivity contribution in [3.8, 4) is 5.75 Å². The van der Waals surface area contributed by atoms with Crippen LogP contribution in [0.2, 0.25) is 0 Å². The smallest absolute Gasteiger partial charge is 0.362 e. The molecule has 9 heteroatoms. The number of likely N-dealkylation sites (N-methyl/N-ethyl adjacent to an activating group) is 1. The molecule has 148 valence electrons. The third-order valence-corrected chi connectivity index (χ3v) is 4.62. The van der Waals surface area contributed by atoms with Gasteiger partial charge in [-0.15, -0.1) is 11.6 Å². The highest BCUT2D eigenvalue weighted by molar-refractivity contribution is 6.28. The maximum atomic E-state index is 12.8. The number of fused-ring (bicyclic) bond motifs is 1. The lowest BCUT2D eigenvalue weighted by atomic mass is 10.1. The standard InChI is InChI=1S/C19H20ClN3O5/c1-3-27-19(26)15-17(28-11-12-7-5-4-6-8-12)16-18(25)22(2)10-13(14(24)9-20)23(16)21-15/h4-8,13H,3,9-11H2,1-2H3. The lowest BCUT2D eigenvalue weighted by Crippen LogP contribution is -2.44. The number of amides is 1. The van der Waals surface area contributed by atoms with E-state index in [-0.39, 0.29) is 48.6 Å². The van der Waals surface area contributed by atoms with Crippen LogP contribution in [0, 0.1) is 0 Å². The van der Waals surface area contributed by atoms with Crippen molar-refractivity contribution in [2.45, 2.75) is 19.6 Å². The molecule has 0 spiro atoms. The van der Waals surface area contributed by atoms with Crippen LogP contribution in [0.5, 0.6) is 5.75 Å². The Morgan fingerprint density at radius 3 is 2.64 bits per heavy atom. The summed E-state index contributed by atoms with van der Waals surface area (Å²) in [4.78, 5) is 38.9. The molecule has 8 nitrogen and oxygen atoms in total. The Bertz CT molecular complexity index is 896. The highest BCUT2D eigenvalue weighted by Crippen LogP contribution is 2.33. The van der Waals surface area contributed by atoms with E-state index in [0.717, 1.165) is 5.56 Å². The molecule has 0 saturated carbocycles. The van der Waals surface area contributed by atoms with Crippen LogP contribution in [-0.4, -0.2) is 58.4 Å². The Morgan fingerprint density at radius 2 is 2.00 bits per heavy atom. The van der Waals surface area contributed by atoms with Gasteiger partial charge in [0.2, 0.25) is 5.69 Å². The molecule has 0 N–H and O–H groups in total. The summed E-state index contributed by atoms with van der Waals surface area (Å²) in [6.07, 6.45) is 0. The van der Waals surface area contributed by atoms with E-state index in [2.05, 4.69) is 5.10 Å². The van der Waals surface area contributed by atoms with Crippen molar-refractivity contribution >= 4 is 29.3 Å². The number of esters is 1. The van der Waals surface area contributed by atoms with E-state index in [4.69, 9.17) is 21.1 Å². The zero-order chi connectivity index (χ0) is 20.3. The van der Waals surface area contributed by atoms with Gasteiger partial charge >= 0.3 is 5.97 Å². The molecule has 1 aliphatic rings. The van der Waals surface area contributed by atoms with Crippen LogP contribution >= 0.6 is 11.6 Å². The number of aromatic nitrogens is 2. The van der Waals surface area contributed by atoms with Crippen molar-refractivity contribution in [3.63, 3.8) is 0 Å². The molecule has 2 heterocycles. The van der Waals surface area contributed by atoms with E-state index in [9.17, 15) is 14.4 Å². The number of carbonyl (C=O) groups is 3. The van der Waals surface area contributed by atoms with Crippen LogP contribution in [0.15, 0.2) is 30.3 Å². The number of ketones is 1. The second-order valence-corrected chi connectivity index (χ2v) is 6.53. The minimum atomic E-state index is -0.794. The van der Waals surface area contributed by atoms with Crippen LogP contribution in [-0.2, 0) is 16.1 Å². The molecule has 1 amide bonds. The molecule has 0 saturated heterocycles. The quantitative estimate of drug-likeness (QED) is 0.517. The minimum Gasteiger partial charge on any atom is -0.484 e. The fourth-order valence-electron chi connectivity index (χ4n) is 2.97. The maximum absolute atomic E-state index is 12.8.